The van der Waals surface area contributed by atoms with Crippen molar-refractivity contribution in [3.05, 3.63) is 28.2 Å². The summed E-state index contributed by atoms with van der Waals surface area (Å²) < 4.78 is 12.8. The van der Waals surface area contributed by atoms with Crippen molar-refractivity contribution in [3.8, 4) is 0 Å². The van der Waals surface area contributed by atoms with E-state index in [0.29, 0.717) is 10.0 Å². The fourth-order valence-corrected chi connectivity index (χ4v) is 2.79. The first-order valence-corrected chi connectivity index (χ1v) is 7.26. The summed E-state index contributed by atoms with van der Waals surface area (Å²) in [6.07, 6.45) is 2.94. The summed E-state index contributed by atoms with van der Waals surface area (Å²) in [6, 6.07) is 3.71. The third kappa shape index (κ3) is 2.67. The molecule has 2 aromatic rings. The van der Waals surface area contributed by atoms with Gasteiger partial charge in [-0.05, 0) is 19.1 Å². The number of aryl methyl sites for hydroxylation is 1. The maximum absolute atomic E-state index is 11.9. The first-order valence-electron chi connectivity index (χ1n) is 4.89. The van der Waals surface area contributed by atoms with Crippen LogP contribution in [0.5, 0.6) is 0 Å². The first kappa shape index (κ1) is 12.1. The van der Waals surface area contributed by atoms with Crippen LogP contribution in [0.4, 0.5) is 0 Å². The Morgan fingerprint density at radius 1 is 1.53 bits per heavy atom. The second-order valence-corrected chi connectivity index (χ2v) is 6.09. The Kier molecular flexibility index (Phi) is 3.49. The predicted octanol–water partition coefficient (Wildman–Crippen LogP) is 1.27. The van der Waals surface area contributed by atoms with Crippen LogP contribution in [0.3, 0.4) is 0 Å². The number of nitrogens with zero attached hydrogens (tertiary/aromatic N) is 3. The van der Waals surface area contributed by atoms with Gasteiger partial charge in [0, 0.05) is 11.1 Å². The summed E-state index contributed by atoms with van der Waals surface area (Å²) in [5.41, 5.74) is 0. The van der Waals surface area contributed by atoms with Gasteiger partial charge in [0.1, 0.15) is 6.33 Å². The molecule has 17 heavy (non-hydrogen) atoms. The Balaban J connectivity index is 2.18. The molecule has 0 spiro atoms. The number of carbonyl (C=O) groups is 1. The van der Waals surface area contributed by atoms with Gasteiger partial charge in [-0.25, -0.2) is 0 Å². The van der Waals surface area contributed by atoms with Crippen molar-refractivity contribution >= 4 is 27.9 Å². The summed E-state index contributed by atoms with van der Waals surface area (Å²) in [4.78, 5) is 13.7. The number of hydrogen-bond donors (Lipinski definition) is 0. The van der Waals surface area contributed by atoms with E-state index in [-0.39, 0.29) is 12.3 Å². The molecule has 0 aliphatic carbocycles. The number of ketones is 1. The van der Waals surface area contributed by atoms with Gasteiger partial charge < -0.3 is 0 Å². The Labute approximate surface area is 105 Å². The van der Waals surface area contributed by atoms with E-state index < -0.39 is 10.8 Å². The molecule has 5 nitrogen and oxygen atoms in total. The van der Waals surface area contributed by atoms with Gasteiger partial charge in [0.25, 0.3) is 0 Å². The van der Waals surface area contributed by atoms with Gasteiger partial charge in [0.2, 0.25) is 5.16 Å². The fourth-order valence-electron chi connectivity index (χ4n) is 1.39. The number of Topliss-reactive ketones (excluding diaryl/α,β-unsaturated/α-hetero) is 1. The topological polar surface area (TPSA) is 64.8 Å². The minimum atomic E-state index is -1.24. The van der Waals surface area contributed by atoms with Crippen LogP contribution in [0.1, 0.15) is 14.5 Å². The molecule has 1 atom stereocenters. The summed E-state index contributed by atoms with van der Waals surface area (Å²) in [6.45, 7) is 2.08. The zero-order valence-corrected chi connectivity index (χ0v) is 11.0. The second-order valence-electron chi connectivity index (χ2n) is 3.53. The molecule has 0 fully saturated rings. The van der Waals surface area contributed by atoms with Gasteiger partial charge in [-0.3, -0.25) is 13.6 Å². The predicted molar refractivity (Wildman–Crippen MR) is 65.7 cm³/mol. The maximum atomic E-state index is 11.9. The zero-order chi connectivity index (χ0) is 12.4. The molecule has 2 aromatic heterocycles. The van der Waals surface area contributed by atoms with E-state index in [1.165, 1.54) is 28.5 Å². The van der Waals surface area contributed by atoms with E-state index >= 15 is 0 Å². The molecule has 0 bridgehead atoms. The Morgan fingerprint density at radius 3 is 2.88 bits per heavy atom. The Morgan fingerprint density at radius 2 is 2.29 bits per heavy atom. The van der Waals surface area contributed by atoms with Crippen molar-refractivity contribution in [2.24, 2.45) is 0 Å². The monoisotopic (exact) mass is 269 g/mol. The molecule has 0 aromatic carbocycles. The molecule has 7 heteroatoms. The molecular formula is C10H11N3O2S2. The van der Waals surface area contributed by atoms with E-state index in [9.17, 15) is 9.00 Å². The highest BCUT2D eigenvalue weighted by Gasteiger charge is 2.14. The van der Waals surface area contributed by atoms with Crippen LogP contribution in [0.2, 0.25) is 0 Å². The van der Waals surface area contributed by atoms with Crippen molar-refractivity contribution in [2.45, 2.75) is 18.6 Å². The van der Waals surface area contributed by atoms with E-state index in [1.54, 1.807) is 6.07 Å². The van der Waals surface area contributed by atoms with Crippen LogP contribution in [0, 0.1) is 6.92 Å². The fraction of sp³-hybridized carbons (Fsp3) is 0.300. The maximum Gasteiger partial charge on any atom is 0.221 e. The van der Waals surface area contributed by atoms with Crippen LogP contribution >= 0.6 is 11.3 Å². The average Bonchev–Trinajstić information content (AvgIpc) is 2.86. The van der Waals surface area contributed by atoms with Gasteiger partial charge in [-0.15, -0.1) is 21.5 Å². The normalized spacial score (nSPS) is 12.6. The van der Waals surface area contributed by atoms with Gasteiger partial charge in [-0.1, -0.05) is 0 Å². The average molecular weight is 269 g/mol. The molecule has 0 radical (unpaired) electrons. The summed E-state index contributed by atoms with van der Waals surface area (Å²) in [5, 5.41) is 7.72. The molecule has 0 N–H and O–H groups in total. The third-order valence-corrected chi connectivity index (χ3v) is 4.04. The minimum absolute atomic E-state index is 0.0189. The third-order valence-electron chi connectivity index (χ3n) is 2.17. The molecule has 0 saturated heterocycles. The van der Waals surface area contributed by atoms with Crippen molar-refractivity contribution in [3.63, 3.8) is 0 Å². The number of hydrogen-bond acceptors (Lipinski definition) is 5. The van der Waals surface area contributed by atoms with Gasteiger partial charge >= 0.3 is 0 Å². The van der Waals surface area contributed by atoms with E-state index in [2.05, 4.69) is 10.2 Å². The van der Waals surface area contributed by atoms with Crippen LogP contribution in [-0.4, -0.2) is 31.0 Å². The molecule has 2 heterocycles. The van der Waals surface area contributed by atoms with Crippen LogP contribution in [0.25, 0.3) is 0 Å². The van der Waals surface area contributed by atoms with Crippen molar-refractivity contribution in [1.29, 1.82) is 0 Å². The van der Waals surface area contributed by atoms with E-state index in [1.807, 2.05) is 13.0 Å². The molecule has 2 rings (SSSR count). The highest BCUT2D eigenvalue weighted by Crippen LogP contribution is 2.16. The molecule has 0 aliphatic rings. The van der Waals surface area contributed by atoms with Crippen LogP contribution in [-0.2, 0) is 17.3 Å². The van der Waals surface area contributed by atoms with E-state index in [0.717, 1.165) is 4.88 Å². The van der Waals surface area contributed by atoms with E-state index in [4.69, 9.17) is 0 Å². The lowest BCUT2D eigenvalue weighted by atomic mass is 10.3. The summed E-state index contributed by atoms with van der Waals surface area (Å²) in [7, 11) is -1.24. The van der Waals surface area contributed by atoms with Crippen molar-refractivity contribution < 1.29 is 9.00 Å². The van der Waals surface area contributed by atoms with Crippen molar-refractivity contribution in [2.75, 3.05) is 6.26 Å². The molecular weight excluding hydrogens is 258 g/mol. The highest BCUT2D eigenvalue weighted by molar-refractivity contribution is 7.84. The summed E-state index contributed by atoms with van der Waals surface area (Å²) in [5.74, 6) is -0.0189. The smallest absolute Gasteiger partial charge is 0.221 e. The first-order chi connectivity index (χ1) is 8.08. The lowest BCUT2D eigenvalue weighted by Gasteiger charge is -2.02. The number of thiophene rings is 1. The zero-order valence-electron chi connectivity index (χ0n) is 9.41. The molecule has 0 amide bonds. The molecule has 0 aliphatic heterocycles. The second kappa shape index (κ2) is 4.89. The molecule has 90 valence electrons. The lowest BCUT2D eigenvalue weighted by molar-refractivity contribution is 0.0973. The van der Waals surface area contributed by atoms with Gasteiger partial charge in [-0.2, -0.15) is 0 Å². The van der Waals surface area contributed by atoms with Crippen LogP contribution < -0.4 is 0 Å². The van der Waals surface area contributed by atoms with Gasteiger partial charge in [0.05, 0.1) is 22.2 Å². The standard InChI is InChI=1S/C10H11N3O2S2/c1-7-3-4-9(16-7)8(14)5-13-6-11-12-10(13)17(2)15/h3-4,6H,5H2,1-2H3/t17-/m0/s1. The largest absolute Gasteiger partial charge is 0.299 e. The van der Waals surface area contributed by atoms with Crippen molar-refractivity contribution in [1.82, 2.24) is 14.8 Å². The SMILES string of the molecule is Cc1ccc(C(=O)Cn2cnnc2[S@](C)=O)s1. The Hall–Kier alpha value is -1.34. The quantitative estimate of drug-likeness (QED) is 0.784. The number of carbonyl (C=O) groups excluding carboxylic acids is 1. The number of aromatic nitrogens is 3. The molecule has 0 unspecified atom stereocenters. The summed E-state index contributed by atoms with van der Waals surface area (Å²) >= 11 is 1.45. The highest BCUT2D eigenvalue weighted by atomic mass is 32.2. The van der Waals surface area contributed by atoms with Gasteiger partial charge in [0.15, 0.2) is 5.78 Å². The number of rotatable bonds is 4. The minimum Gasteiger partial charge on any atom is -0.299 e. The lowest BCUT2D eigenvalue weighted by Crippen LogP contribution is -2.12. The Bertz CT molecular complexity index is 574. The van der Waals surface area contributed by atoms with Crippen LogP contribution in [0.15, 0.2) is 23.6 Å². The molecule has 0 saturated carbocycles.